The first-order valence-corrected chi connectivity index (χ1v) is 12.5. The Balaban J connectivity index is 1.19. The van der Waals surface area contributed by atoms with Crippen molar-refractivity contribution in [1.82, 2.24) is 14.9 Å². The van der Waals surface area contributed by atoms with E-state index in [0.29, 0.717) is 31.8 Å². The lowest BCUT2D eigenvalue weighted by atomic mass is 10.0. The summed E-state index contributed by atoms with van der Waals surface area (Å²) in [6.45, 7) is 9.44. The maximum Gasteiger partial charge on any atom is 0.258 e. The number of carbonyl (C=O) groups excluding carboxylic acids is 1. The van der Waals surface area contributed by atoms with Gasteiger partial charge in [-0.15, -0.1) is 0 Å². The van der Waals surface area contributed by atoms with Crippen LogP contribution in [0.2, 0.25) is 0 Å². The molecule has 1 amide bonds. The number of anilines is 2. The van der Waals surface area contributed by atoms with Gasteiger partial charge in [0.1, 0.15) is 12.4 Å². The minimum atomic E-state index is 0.00474. The molecule has 0 bridgehead atoms. The van der Waals surface area contributed by atoms with E-state index in [2.05, 4.69) is 39.8 Å². The van der Waals surface area contributed by atoms with Gasteiger partial charge in [-0.2, -0.15) is 0 Å². The van der Waals surface area contributed by atoms with E-state index in [1.807, 2.05) is 71.3 Å². The van der Waals surface area contributed by atoms with Gasteiger partial charge in [0.05, 0.1) is 13.1 Å². The fourth-order valence-electron chi connectivity index (χ4n) is 5.06. The lowest BCUT2D eigenvalue weighted by Gasteiger charge is -2.31. The molecule has 186 valence electrons. The van der Waals surface area contributed by atoms with Crippen molar-refractivity contribution >= 4 is 17.4 Å². The van der Waals surface area contributed by atoms with Crippen LogP contribution in [-0.2, 0) is 19.6 Å². The molecule has 4 aromatic rings. The largest absolute Gasteiger partial charge is 0.488 e. The minimum Gasteiger partial charge on any atom is -0.488 e. The van der Waals surface area contributed by atoms with Crippen molar-refractivity contribution in [1.29, 1.82) is 0 Å². The van der Waals surface area contributed by atoms with E-state index in [0.717, 1.165) is 52.0 Å². The summed E-state index contributed by atoms with van der Waals surface area (Å²) >= 11 is 0. The lowest BCUT2D eigenvalue weighted by Crippen LogP contribution is -2.37. The van der Waals surface area contributed by atoms with Crippen molar-refractivity contribution < 1.29 is 9.53 Å². The molecule has 0 radical (unpaired) electrons. The molecule has 0 saturated heterocycles. The van der Waals surface area contributed by atoms with Crippen molar-refractivity contribution in [2.45, 2.75) is 26.6 Å². The highest BCUT2D eigenvalue weighted by atomic mass is 16.5. The Labute approximate surface area is 216 Å². The number of benzene rings is 2. The van der Waals surface area contributed by atoms with E-state index >= 15 is 0 Å². The third kappa shape index (κ3) is 4.33. The van der Waals surface area contributed by atoms with E-state index in [1.54, 1.807) is 6.20 Å². The van der Waals surface area contributed by atoms with Gasteiger partial charge in [-0.05, 0) is 66.1 Å². The van der Waals surface area contributed by atoms with Gasteiger partial charge in [0, 0.05) is 42.4 Å². The Morgan fingerprint density at radius 2 is 1.95 bits per heavy atom. The molecule has 2 aliphatic rings. The standard InChI is InChI=1S/C30H29N5O2/c1-21-17-23(30(36)35-20-26-8-6-14-33(26)19-25-7-3-4-9-27(25)35)11-12-24(21)18-32-22(2)34-15-16-37-28-10-5-13-31-29(28)34/h3-14,17,32H,2,15-16,18-20H2,1H3. The molecule has 0 unspecified atom stereocenters. The summed E-state index contributed by atoms with van der Waals surface area (Å²) in [5, 5.41) is 3.43. The number of ether oxygens (including phenoxy) is 1. The van der Waals surface area contributed by atoms with Gasteiger partial charge in [-0.25, -0.2) is 4.98 Å². The Kier molecular flexibility index (Phi) is 5.88. The van der Waals surface area contributed by atoms with Crippen LogP contribution in [0.15, 0.2) is 91.5 Å². The van der Waals surface area contributed by atoms with Gasteiger partial charge in [-0.1, -0.05) is 30.8 Å². The number of nitrogens with one attached hydrogen (secondary N) is 1. The second-order valence-electron chi connectivity index (χ2n) is 9.41. The first kappa shape index (κ1) is 22.9. The third-order valence-corrected chi connectivity index (χ3v) is 7.09. The molecule has 0 saturated carbocycles. The van der Waals surface area contributed by atoms with Crippen molar-refractivity contribution in [3.8, 4) is 5.75 Å². The summed E-state index contributed by atoms with van der Waals surface area (Å²) < 4.78 is 7.92. The molecule has 0 atom stereocenters. The number of aryl methyl sites for hydroxylation is 1. The monoisotopic (exact) mass is 491 g/mol. The Bertz CT molecular complexity index is 1490. The van der Waals surface area contributed by atoms with Crippen molar-refractivity contribution in [2.24, 2.45) is 0 Å². The minimum absolute atomic E-state index is 0.00474. The van der Waals surface area contributed by atoms with Crippen LogP contribution in [0, 0.1) is 6.92 Å². The number of carbonyl (C=O) groups is 1. The molecule has 7 heteroatoms. The molecule has 2 aromatic carbocycles. The number of hydrogen-bond donors (Lipinski definition) is 1. The number of fused-ring (bicyclic) bond motifs is 3. The van der Waals surface area contributed by atoms with Crippen LogP contribution < -0.4 is 19.9 Å². The molecule has 6 rings (SSSR count). The average Bonchev–Trinajstić information content (AvgIpc) is 3.30. The topological polar surface area (TPSA) is 62.6 Å². The summed E-state index contributed by atoms with van der Waals surface area (Å²) in [4.78, 5) is 22.2. The van der Waals surface area contributed by atoms with Gasteiger partial charge in [-0.3, -0.25) is 4.79 Å². The van der Waals surface area contributed by atoms with E-state index in [1.165, 1.54) is 0 Å². The zero-order valence-electron chi connectivity index (χ0n) is 20.9. The molecule has 2 aromatic heterocycles. The van der Waals surface area contributed by atoms with Gasteiger partial charge in [0.15, 0.2) is 11.6 Å². The first-order chi connectivity index (χ1) is 18.1. The Morgan fingerprint density at radius 1 is 1.05 bits per heavy atom. The molecule has 0 fully saturated rings. The molecule has 2 aliphatic heterocycles. The molecular formula is C30H29N5O2. The average molecular weight is 492 g/mol. The van der Waals surface area contributed by atoms with Gasteiger partial charge >= 0.3 is 0 Å². The SMILES string of the molecule is C=C(NCc1ccc(C(=O)N2Cc3cccn3Cc3ccccc32)cc1C)N1CCOc2cccnc21. The molecule has 7 nitrogen and oxygen atoms in total. The van der Waals surface area contributed by atoms with Crippen molar-refractivity contribution in [3.63, 3.8) is 0 Å². The fourth-order valence-corrected chi connectivity index (χ4v) is 5.06. The smallest absolute Gasteiger partial charge is 0.258 e. The van der Waals surface area contributed by atoms with Gasteiger partial charge in [0.2, 0.25) is 0 Å². The number of para-hydroxylation sites is 1. The van der Waals surface area contributed by atoms with Gasteiger partial charge < -0.3 is 24.4 Å². The second kappa shape index (κ2) is 9.50. The number of amides is 1. The number of hydrogen-bond acceptors (Lipinski definition) is 5. The van der Waals surface area contributed by atoms with E-state index < -0.39 is 0 Å². The molecular weight excluding hydrogens is 462 g/mol. The number of aromatic nitrogens is 2. The Morgan fingerprint density at radius 3 is 2.84 bits per heavy atom. The molecule has 0 spiro atoms. The molecule has 0 aliphatic carbocycles. The van der Waals surface area contributed by atoms with Crippen LogP contribution in [0.3, 0.4) is 0 Å². The second-order valence-corrected chi connectivity index (χ2v) is 9.41. The number of nitrogens with zero attached hydrogens (tertiary/aromatic N) is 4. The normalized spacial score (nSPS) is 14.1. The van der Waals surface area contributed by atoms with E-state index in [9.17, 15) is 4.79 Å². The highest BCUT2D eigenvalue weighted by Gasteiger charge is 2.25. The summed E-state index contributed by atoms with van der Waals surface area (Å²) in [5.41, 5.74) is 6.08. The van der Waals surface area contributed by atoms with E-state index in [-0.39, 0.29) is 5.91 Å². The summed E-state index contributed by atoms with van der Waals surface area (Å²) in [5.74, 6) is 2.31. The van der Waals surface area contributed by atoms with Crippen LogP contribution in [0.4, 0.5) is 11.5 Å². The van der Waals surface area contributed by atoms with Crippen LogP contribution >= 0.6 is 0 Å². The van der Waals surface area contributed by atoms with Crippen molar-refractivity contribution in [2.75, 3.05) is 23.0 Å². The summed E-state index contributed by atoms with van der Waals surface area (Å²) in [6.07, 6.45) is 3.83. The predicted molar refractivity (Wildman–Crippen MR) is 145 cm³/mol. The third-order valence-electron chi connectivity index (χ3n) is 7.09. The molecule has 37 heavy (non-hydrogen) atoms. The summed E-state index contributed by atoms with van der Waals surface area (Å²) in [7, 11) is 0. The predicted octanol–water partition coefficient (Wildman–Crippen LogP) is 4.86. The van der Waals surface area contributed by atoms with Crippen LogP contribution in [-0.4, -0.2) is 28.6 Å². The molecule has 4 heterocycles. The summed E-state index contributed by atoms with van der Waals surface area (Å²) in [6, 6.07) is 22.0. The lowest BCUT2D eigenvalue weighted by molar-refractivity contribution is 0.0985. The fraction of sp³-hybridized carbons (Fsp3) is 0.200. The Hall–Kier alpha value is -4.52. The maximum atomic E-state index is 13.8. The highest BCUT2D eigenvalue weighted by molar-refractivity contribution is 6.06. The van der Waals surface area contributed by atoms with Crippen LogP contribution in [0.5, 0.6) is 5.75 Å². The molecule has 1 N–H and O–H groups in total. The van der Waals surface area contributed by atoms with Crippen molar-refractivity contribution in [3.05, 3.63) is 119 Å². The zero-order chi connectivity index (χ0) is 25.4. The highest BCUT2D eigenvalue weighted by Crippen LogP contribution is 2.31. The zero-order valence-corrected chi connectivity index (χ0v) is 20.9. The van der Waals surface area contributed by atoms with E-state index in [4.69, 9.17) is 4.74 Å². The number of rotatable bonds is 5. The number of pyridine rings is 1. The van der Waals surface area contributed by atoms with Crippen LogP contribution in [0.25, 0.3) is 0 Å². The van der Waals surface area contributed by atoms with Crippen LogP contribution in [0.1, 0.15) is 32.7 Å². The van der Waals surface area contributed by atoms with Gasteiger partial charge in [0.25, 0.3) is 5.91 Å². The maximum absolute atomic E-state index is 13.8. The first-order valence-electron chi connectivity index (χ1n) is 12.5. The quantitative estimate of drug-likeness (QED) is 0.432.